The van der Waals surface area contributed by atoms with E-state index in [-0.39, 0.29) is 0 Å². The molecule has 1 aliphatic heterocycles. The minimum atomic E-state index is -0.499. The summed E-state index contributed by atoms with van der Waals surface area (Å²) in [6, 6.07) is 14.5. The number of rotatable bonds is 6. The number of ether oxygens (including phenoxy) is 2. The van der Waals surface area contributed by atoms with Crippen LogP contribution in [0.3, 0.4) is 0 Å². The Hall–Kier alpha value is -1.62. The van der Waals surface area contributed by atoms with Gasteiger partial charge in [-0.2, -0.15) is 0 Å². The molecule has 0 aliphatic carbocycles. The summed E-state index contributed by atoms with van der Waals surface area (Å²) in [5.41, 5.74) is 0. The predicted octanol–water partition coefficient (Wildman–Crippen LogP) is 2.69. The normalized spacial score (nSPS) is 20.5. The predicted molar refractivity (Wildman–Crippen MR) is 91.9 cm³/mol. The molecule has 0 saturated carbocycles. The molecule has 1 saturated heterocycles. The van der Waals surface area contributed by atoms with E-state index in [2.05, 4.69) is 24.0 Å². The molecule has 2 atom stereocenters. The second-order valence-corrected chi connectivity index (χ2v) is 6.07. The molecular weight excluding hydrogens is 290 g/mol. The first-order chi connectivity index (χ1) is 11.3. The van der Waals surface area contributed by atoms with E-state index in [4.69, 9.17) is 9.47 Å². The summed E-state index contributed by atoms with van der Waals surface area (Å²) in [5, 5.41) is 12.6. The number of aliphatic hydroxyl groups excluding tert-OH is 1. The van der Waals surface area contributed by atoms with Crippen molar-refractivity contribution in [2.45, 2.75) is 25.5 Å². The van der Waals surface area contributed by atoms with Crippen LogP contribution >= 0.6 is 0 Å². The number of aliphatic hydroxyl groups is 1. The molecule has 4 heteroatoms. The van der Waals surface area contributed by atoms with Crippen LogP contribution in [0.2, 0.25) is 0 Å². The van der Waals surface area contributed by atoms with Crippen molar-refractivity contribution in [3.8, 4) is 5.75 Å². The van der Waals surface area contributed by atoms with E-state index in [9.17, 15) is 5.11 Å². The molecule has 23 heavy (non-hydrogen) atoms. The molecule has 1 aliphatic rings. The van der Waals surface area contributed by atoms with Gasteiger partial charge in [0, 0.05) is 24.5 Å². The van der Waals surface area contributed by atoms with E-state index in [0.29, 0.717) is 19.2 Å². The first kappa shape index (κ1) is 16.2. The lowest BCUT2D eigenvalue weighted by Gasteiger charge is -2.36. The summed E-state index contributed by atoms with van der Waals surface area (Å²) < 4.78 is 11.4. The second-order valence-electron chi connectivity index (χ2n) is 6.07. The van der Waals surface area contributed by atoms with Crippen LogP contribution in [0.15, 0.2) is 42.5 Å². The Kier molecular flexibility index (Phi) is 5.49. The molecule has 0 radical (unpaired) electrons. The Balaban J connectivity index is 1.59. The van der Waals surface area contributed by atoms with Crippen molar-refractivity contribution in [1.82, 2.24) is 4.90 Å². The second kappa shape index (κ2) is 7.77. The van der Waals surface area contributed by atoms with E-state index >= 15 is 0 Å². The lowest BCUT2D eigenvalue weighted by molar-refractivity contribution is -0.0333. The van der Waals surface area contributed by atoms with Gasteiger partial charge in [-0.15, -0.1) is 0 Å². The zero-order valence-corrected chi connectivity index (χ0v) is 13.6. The van der Waals surface area contributed by atoms with Crippen molar-refractivity contribution in [1.29, 1.82) is 0 Å². The topological polar surface area (TPSA) is 41.9 Å². The molecule has 1 heterocycles. The Morgan fingerprint density at radius 1 is 1.26 bits per heavy atom. The van der Waals surface area contributed by atoms with Crippen LogP contribution in [-0.2, 0) is 4.74 Å². The van der Waals surface area contributed by atoms with Crippen molar-refractivity contribution in [3.05, 3.63) is 42.5 Å². The molecule has 0 spiro atoms. The van der Waals surface area contributed by atoms with Gasteiger partial charge >= 0.3 is 0 Å². The Labute approximate surface area is 137 Å². The minimum absolute atomic E-state index is 0.307. The van der Waals surface area contributed by atoms with E-state index in [1.165, 1.54) is 0 Å². The van der Waals surface area contributed by atoms with Gasteiger partial charge in [0.2, 0.25) is 0 Å². The third-order valence-corrected chi connectivity index (χ3v) is 4.45. The van der Waals surface area contributed by atoms with E-state index in [1.807, 2.05) is 30.3 Å². The highest BCUT2D eigenvalue weighted by Gasteiger charge is 2.23. The van der Waals surface area contributed by atoms with E-state index < -0.39 is 6.10 Å². The molecule has 2 aromatic rings. The fraction of sp³-hybridized carbons (Fsp3) is 0.474. The first-order valence-corrected chi connectivity index (χ1v) is 8.38. The fourth-order valence-electron chi connectivity index (χ4n) is 3.14. The van der Waals surface area contributed by atoms with Gasteiger partial charge in [0.15, 0.2) is 0 Å². The lowest BCUT2D eigenvalue weighted by atomic mass is 10.1. The van der Waals surface area contributed by atoms with Gasteiger partial charge < -0.3 is 14.6 Å². The summed E-state index contributed by atoms with van der Waals surface area (Å²) in [6.45, 7) is 5.48. The minimum Gasteiger partial charge on any atom is -0.490 e. The van der Waals surface area contributed by atoms with Gasteiger partial charge in [0.25, 0.3) is 0 Å². The maximum Gasteiger partial charge on any atom is 0.127 e. The lowest BCUT2D eigenvalue weighted by Crippen LogP contribution is -2.49. The Morgan fingerprint density at radius 2 is 2.09 bits per heavy atom. The molecule has 2 aromatic carbocycles. The molecule has 1 N–H and O–H groups in total. The maximum absolute atomic E-state index is 10.3. The standard InChI is InChI=1S/C19H25NO3/c1-2-16-13-22-11-10-20(16)12-17(21)14-23-19-9-5-7-15-6-3-4-8-18(15)19/h3-9,16-17,21H,2,10-14H2,1H3. The van der Waals surface area contributed by atoms with Crippen LogP contribution in [0.25, 0.3) is 10.8 Å². The van der Waals surface area contributed by atoms with E-state index in [0.717, 1.165) is 42.7 Å². The van der Waals surface area contributed by atoms with Gasteiger partial charge in [-0.1, -0.05) is 43.3 Å². The van der Waals surface area contributed by atoms with Crippen molar-refractivity contribution in [2.75, 3.05) is 32.9 Å². The van der Waals surface area contributed by atoms with Gasteiger partial charge in [0.05, 0.1) is 13.2 Å². The fourth-order valence-corrected chi connectivity index (χ4v) is 3.14. The number of nitrogens with zero attached hydrogens (tertiary/aromatic N) is 1. The molecule has 0 bridgehead atoms. The molecule has 0 aromatic heterocycles. The van der Waals surface area contributed by atoms with Gasteiger partial charge in [0.1, 0.15) is 18.5 Å². The SMILES string of the molecule is CCC1COCCN1CC(O)COc1cccc2ccccc12. The average molecular weight is 315 g/mol. The summed E-state index contributed by atoms with van der Waals surface area (Å²) in [6.07, 6.45) is 0.540. The highest BCUT2D eigenvalue weighted by molar-refractivity contribution is 5.88. The van der Waals surface area contributed by atoms with Gasteiger partial charge in [-0.05, 0) is 17.9 Å². The quantitative estimate of drug-likeness (QED) is 0.890. The van der Waals surface area contributed by atoms with Crippen molar-refractivity contribution >= 4 is 10.8 Å². The van der Waals surface area contributed by atoms with Crippen LogP contribution in [0.4, 0.5) is 0 Å². The molecule has 4 nitrogen and oxygen atoms in total. The summed E-state index contributed by atoms with van der Waals surface area (Å²) in [5.74, 6) is 0.830. The number of β-amino-alcohol motifs (C(OH)–C–C–N with tert-alkyl or cyclic N) is 1. The van der Waals surface area contributed by atoms with Crippen molar-refractivity contribution < 1.29 is 14.6 Å². The molecule has 3 rings (SSSR count). The average Bonchev–Trinajstić information content (AvgIpc) is 2.60. The van der Waals surface area contributed by atoms with Crippen LogP contribution < -0.4 is 4.74 Å². The number of fused-ring (bicyclic) bond motifs is 1. The summed E-state index contributed by atoms with van der Waals surface area (Å²) in [4.78, 5) is 2.31. The van der Waals surface area contributed by atoms with Crippen molar-refractivity contribution in [2.24, 2.45) is 0 Å². The number of hydrogen-bond donors (Lipinski definition) is 1. The summed E-state index contributed by atoms with van der Waals surface area (Å²) >= 11 is 0. The first-order valence-electron chi connectivity index (χ1n) is 8.38. The van der Waals surface area contributed by atoms with Crippen LogP contribution in [0, 0.1) is 0 Å². The number of benzene rings is 2. The van der Waals surface area contributed by atoms with Crippen LogP contribution in [0.5, 0.6) is 5.75 Å². The number of hydrogen-bond acceptors (Lipinski definition) is 4. The molecule has 0 amide bonds. The van der Waals surface area contributed by atoms with Crippen LogP contribution in [-0.4, -0.2) is 55.1 Å². The third-order valence-electron chi connectivity index (χ3n) is 4.45. The van der Waals surface area contributed by atoms with Gasteiger partial charge in [-0.3, -0.25) is 4.90 Å². The van der Waals surface area contributed by atoms with Gasteiger partial charge in [-0.25, -0.2) is 0 Å². The largest absolute Gasteiger partial charge is 0.490 e. The number of morpholine rings is 1. The monoisotopic (exact) mass is 315 g/mol. The molecular formula is C19H25NO3. The zero-order valence-electron chi connectivity index (χ0n) is 13.6. The smallest absolute Gasteiger partial charge is 0.127 e. The maximum atomic E-state index is 10.3. The highest BCUT2D eigenvalue weighted by Crippen LogP contribution is 2.25. The molecule has 1 fully saturated rings. The molecule has 2 unspecified atom stereocenters. The van der Waals surface area contributed by atoms with Crippen LogP contribution in [0.1, 0.15) is 13.3 Å². The third kappa shape index (κ3) is 4.02. The van der Waals surface area contributed by atoms with E-state index in [1.54, 1.807) is 0 Å². The summed E-state index contributed by atoms with van der Waals surface area (Å²) in [7, 11) is 0. The Morgan fingerprint density at radius 3 is 2.96 bits per heavy atom. The molecule has 124 valence electrons. The highest BCUT2D eigenvalue weighted by atomic mass is 16.5. The van der Waals surface area contributed by atoms with Crippen molar-refractivity contribution in [3.63, 3.8) is 0 Å². The zero-order chi connectivity index (χ0) is 16.1. The Bertz CT molecular complexity index is 626.